The van der Waals surface area contributed by atoms with Crippen LogP contribution in [0.4, 0.5) is 0 Å². The van der Waals surface area contributed by atoms with Gasteiger partial charge in [-0.1, -0.05) is 13.8 Å². The molecular formula is C18H24N2O3. The van der Waals surface area contributed by atoms with Gasteiger partial charge in [-0.05, 0) is 49.9 Å². The number of nitrogens with one attached hydrogen (secondary N) is 2. The van der Waals surface area contributed by atoms with Crippen molar-refractivity contribution in [2.24, 2.45) is 5.92 Å². The van der Waals surface area contributed by atoms with E-state index in [0.717, 1.165) is 22.2 Å². The zero-order valence-corrected chi connectivity index (χ0v) is 14.3. The first-order valence-electron chi connectivity index (χ1n) is 7.81. The van der Waals surface area contributed by atoms with Crippen LogP contribution in [-0.4, -0.2) is 30.0 Å². The van der Waals surface area contributed by atoms with Gasteiger partial charge in [0.05, 0.1) is 7.11 Å². The molecule has 0 radical (unpaired) electrons. The molecule has 0 saturated heterocycles. The predicted molar refractivity (Wildman–Crippen MR) is 90.5 cm³/mol. The number of carbonyl (C=O) groups excluding carboxylic acids is 2. The summed E-state index contributed by atoms with van der Waals surface area (Å²) in [6.07, 6.45) is 0.545. The van der Waals surface area contributed by atoms with Gasteiger partial charge in [0, 0.05) is 22.2 Å². The molecule has 0 bridgehead atoms. The van der Waals surface area contributed by atoms with Crippen LogP contribution in [0.25, 0.3) is 10.9 Å². The van der Waals surface area contributed by atoms with Crippen LogP contribution in [0.2, 0.25) is 0 Å². The minimum absolute atomic E-state index is 0.263. The molecule has 2 aromatic rings. The first-order chi connectivity index (χ1) is 10.8. The molecule has 0 fully saturated rings. The first-order valence-corrected chi connectivity index (χ1v) is 7.81. The van der Waals surface area contributed by atoms with Crippen molar-refractivity contribution in [3.05, 3.63) is 35.0 Å². The van der Waals surface area contributed by atoms with Crippen molar-refractivity contribution in [3.63, 3.8) is 0 Å². The molecule has 5 heteroatoms. The van der Waals surface area contributed by atoms with Gasteiger partial charge in [-0.2, -0.15) is 0 Å². The van der Waals surface area contributed by atoms with Gasteiger partial charge in [0.2, 0.25) is 0 Å². The SMILES string of the molecule is COC(=O)C(CC(C)C)NC(=O)c1ccc2[nH]c(C)c(C)c2c1. The lowest BCUT2D eigenvalue weighted by atomic mass is 10.0. The maximum absolute atomic E-state index is 12.5. The van der Waals surface area contributed by atoms with E-state index in [4.69, 9.17) is 4.74 Å². The number of H-pyrrole nitrogens is 1. The molecule has 1 heterocycles. The van der Waals surface area contributed by atoms with E-state index in [0.29, 0.717) is 12.0 Å². The first kappa shape index (κ1) is 17.1. The Hall–Kier alpha value is -2.30. The number of hydrogen-bond donors (Lipinski definition) is 2. The number of aromatic nitrogens is 1. The Morgan fingerprint density at radius 1 is 1.26 bits per heavy atom. The van der Waals surface area contributed by atoms with Gasteiger partial charge in [0.25, 0.3) is 5.91 Å². The lowest BCUT2D eigenvalue weighted by molar-refractivity contribution is -0.143. The summed E-state index contributed by atoms with van der Waals surface area (Å²) >= 11 is 0. The molecule has 124 valence electrons. The van der Waals surface area contributed by atoms with Crippen molar-refractivity contribution >= 4 is 22.8 Å². The quantitative estimate of drug-likeness (QED) is 0.833. The summed E-state index contributed by atoms with van der Waals surface area (Å²) in [5.41, 5.74) is 3.76. The molecule has 0 saturated carbocycles. The molecule has 0 aliphatic carbocycles. The van der Waals surface area contributed by atoms with Crippen molar-refractivity contribution in [1.29, 1.82) is 0 Å². The Balaban J connectivity index is 2.24. The van der Waals surface area contributed by atoms with Gasteiger partial charge in [0.1, 0.15) is 6.04 Å². The molecule has 5 nitrogen and oxygen atoms in total. The number of methoxy groups -OCH3 is 1. The van der Waals surface area contributed by atoms with Crippen LogP contribution in [0, 0.1) is 19.8 Å². The van der Waals surface area contributed by atoms with Gasteiger partial charge in [-0.15, -0.1) is 0 Å². The van der Waals surface area contributed by atoms with Crippen LogP contribution >= 0.6 is 0 Å². The Labute approximate surface area is 136 Å². The van der Waals surface area contributed by atoms with Crippen LogP contribution in [-0.2, 0) is 9.53 Å². The van der Waals surface area contributed by atoms with Crippen LogP contribution in [0.1, 0.15) is 41.9 Å². The molecule has 0 aliphatic heterocycles. The van der Waals surface area contributed by atoms with Gasteiger partial charge in [0.15, 0.2) is 0 Å². The Kier molecular flexibility index (Phi) is 5.08. The third kappa shape index (κ3) is 3.73. The minimum Gasteiger partial charge on any atom is -0.467 e. The molecule has 1 atom stereocenters. The number of benzene rings is 1. The van der Waals surface area contributed by atoms with Gasteiger partial charge in [-0.25, -0.2) is 4.79 Å². The van der Waals surface area contributed by atoms with E-state index in [1.54, 1.807) is 6.07 Å². The van der Waals surface area contributed by atoms with Gasteiger partial charge in [-0.3, -0.25) is 4.79 Å². The van der Waals surface area contributed by atoms with E-state index in [1.165, 1.54) is 7.11 Å². The highest BCUT2D eigenvalue weighted by Gasteiger charge is 2.23. The summed E-state index contributed by atoms with van der Waals surface area (Å²) in [6.45, 7) is 8.02. The van der Waals surface area contributed by atoms with Gasteiger partial charge < -0.3 is 15.0 Å². The van der Waals surface area contributed by atoms with Gasteiger partial charge >= 0.3 is 5.97 Å². The summed E-state index contributed by atoms with van der Waals surface area (Å²) in [6, 6.07) is 4.88. The minimum atomic E-state index is -0.628. The molecule has 23 heavy (non-hydrogen) atoms. The summed E-state index contributed by atoms with van der Waals surface area (Å²) < 4.78 is 4.78. The topological polar surface area (TPSA) is 71.2 Å². The molecule has 1 unspecified atom stereocenters. The Morgan fingerprint density at radius 3 is 2.57 bits per heavy atom. The van der Waals surface area contributed by atoms with E-state index in [-0.39, 0.29) is 11.8 Å². The highest BCUT2D eigenvalue weighted by molar-refractivity contribution is 6.00. The number of hydrogen-bond acceptors (Lipinski definition) is 3. The third-order valence-electron chi connectivity index (χ3n) is 4.07. The van der Waals surface area contributed by atoms with Crippen LogP contribution in [0.5, 0.6) is 0 Å². The van der Waals surface area contributed by atoms with E-state index in [2.05, 4.69) is 10.3 Å². The number of aromatic amines is 1. The molecule has 0 aliphatic rings. The van der Waals surface area contributed by atoms with Crippen molar-refractivity contribution in [3.8, 4) is 0 Å². The number of carbonyl (C=O) groups is 2. The molecule has 1 aromatic heterocycles. The fourth-order valence-corrected chi connectivity index (χ4v) is 2.67. The lowest BCUT2D eigenvalue weighted by Gasteiger charge is -2.18. The predicted octanol–water partition coefficient (Wildman–Crippen LogP) is 3.10. The maximum Gasteiger partial charge on any atom is 0.328 e. The monoisotopic (exact) mass is 316 g/mol. The van der Waals surface area contributed by atoms with Crippen molar-refractivity contribution in [2.45, 2.75) is 40.2 Å². The average Bonchev–Trinajstić information content (AvgIpc) is 2.79. The number of aryl methyl sites for hydroxylation is 2. The van der Waals surface area contributed by atoms with Crippen molar-refractivity contribution in [2.75, 3.05) is 7.11 Å². The second kappa shape index (κ2) is 6.86. The molecule has 0 spiro atoms. The highest BCUT2D eigenvalue weighted by Crippen LogP contribution is 2.22. The maximum atomic E-state index is 12.5. The molecule has 2 rings (SSSR count). The highest BCUT2D eigenvalue weighted by atomic mass is 16.5. The van der Waals surface area contributed by atoms with Crippen LogP contribution in [0.3, 0.4) is 0 Å². The number of fused-ring (bicyclic) bond motifs is 1. The summed E-state index contributed by atoms with van der Waals surface area (Å²) in [5.74, 6) is -0.403. The van der Waals surface area contributed by atoms with E-state index < -0.39 is 12.0 Å². The molecule has 2 N–H and O–H groups in total. The van der Waals surface area contributed by atoms with E-state index >= 15 is 0 Å². The van der Waals surface area contributed by atoms with Crippen molar-refractivity contribution in [1.82, 2.24) is 10.3 Å². The normalized spacial score (nSPS) is 12.4. The van der Waals surface area contributed by atoms with Crippen molar-refractivity contribution < 1.29 is 14.3 Å². The zero-order valence-electron chi connectivity index (χ0n) is 14.3. The number of amides is 1. The van der Waals surface area contributed by atoms with Crippen LogP contribution < -0.4 is 5.32 Å². The second-order valence-electron chi connectivity index (χ2n) is 6.31. The zero-order chi connectivity index (χ0) is 17.1. The van der Waals surface area contributed by atoms with E-state index in [9.17, 15) is 9.59 Å². The number of ether oxygens (including phenoxy) is 1. The summed E-state index contributed by atoms with van der Waals surface area (Å²) in [4.78, 5) is 27.6. The number of rotatable bonds is 5. The largest absolute Gasteiger partial charge is 0.467 e. The fourth-order valence-electron chi connectivity index (χ4n) is 2.67. The Bertz CT molecular complexity index is 731. The average molecular weight is 316 g/mol. The second-order valence-corrected chi connectivity index (χ2v) is 6.31. The van der Waals surface area contributed by atoms with Crippen LogP contribution in [0.15, 0.2) is 18.2 Å². The summed E-state index contributed by atoms with van der Waals surface area (Å²) in [5, 5.41) is 3.80. The smallest absolute Gasteiger partial charge is 0.328 e. The summed E-state index contributed by atoms with van der Waals surface area (Å²) in [7, 11) is 1.33. The molecular weight excluding hydrogens is 292 g/mol. The fraction of sp³-hybridized carbons (Fsp3) is 0.444. The Morgan fingerprint density at radius 2 is 1.96 bits per heavy atom. The molecule has 1 aromatic carbocycles. The number of esters is 1. The third-order valence-corrected chi connectivity index (χ3v) is 4.07. The standard InChI is InChI=1S/C18H24N2O3/c1-10(2)8-16(18(22)23-5)20-17(21)13-6-7-15-14(9-13)11(3)12(4)19-15/h6-7,9-10,16,19H,8H2,1-5H3,(H,20,21). The van der Waals surface area contributed by atoms with E-state index in [1.807, 2.05) is 39.8 Å². The lowest BCUT2D eigenvalue weighted by Crippen LogP contribution is -2.42. The molecule has 1 amide bonds.